The molecule has 2 rings (SSSR count). The molecule has 2 heterocycles. The molecule has 0 N–H and O–H groups in total. The van der Waals surface area contributed by atoms with E-state index in [0.717, 1.165) is 38.5 Å². The van der Waals surface area contributed by atoms with Crippen molar-refractivity contribution < 1.29 is 4.74 Å². The molecule has 0 radical (unpaired) electrons. The number of methoxy groups -OCH3 is 1. The van der Waals surface area contributed by atoms with Gasteiger partial charge in [0.25, 0.3) is 0 Å². The van der Waals surface area contributed by atoms with Crippen molar-refractivity contribution in [1.29, 1.82) is 0 Å². The van der Waals surface area contributed by atoms with Gasteiger partial charge in [-0.2, -0.15) is 5.10 Å². The fraction of sp³-hybridized carbons (Fsp3) is 0.529. The Morgan fingerprint density at radius 1 is 1.27 bits per heavy atom. The van der Waals surface area contributed by atoms with Crippen LogP contribution in [0.25, 0.3) is 0 Å². The molecule has 0 aromatic carbocycles. The van der Waals surface area contributed by atoms with Crippen molar-refractivity contribution in [1.82, 2.24) is 19.7 Å². The average molecular weight is 302 g/mol. The number of ether oxygens (including phenoxy) is 1. The summed E-state index contributed by atoms with van der Waals surface area (Å²) in [6.45, 7) is 10.6. The van der Waals surface area contributed by atoms with E-state index in [9.17, 15) is 0 Å². The molecule has 0 aliphatic carbocycles. The fourth-order valence-electron chi connectivity index (χ4n) is 2.68. The Hall–Kier alpha value is -1.72. The van der Waals surface area contributed by atoms with Crippen LogP contribution in [-0.2, 0) is 24.4 Å². The van der Waals surface area contributed by atoms with E-state index in [1.165, 1.54) is 16.8 Å². The second kappa shape index (κ2) is 8.06. The van der Waals surface area contributed by atoms with E-state index >= 15 is 0 Å². The van der Waals surface area contributed by atoms with Crippen LogP contribution in [0.2, 0.25) is 0 Å². The largest absolute Gasteiger partial charge is 0.383 e. The van der Waals surface area contributed by atoms with Crippen molar-refractivity contribution in [2.75, 3.05) is 20.3 Å². The highest BCUT2D eigenvalue weighted by molar-refractivity contribution is 5.24. The van der Waals surface area contributed by atoms with Crippen LogP contribution in [0.1, 0.15) is 29.4 Å². The van der Waals surface area contributed by atoms with Gasteiger partial charge in [0.2, 0.25) is 0 Å². The molecule has 0 fully saturated rings. The Morgan fingerprint density at radius 2 is 2.09 bits per heavy atom. The smallest absolute Gasteiger partial charge is 0.0641 e. The predicted molar refractivity (Wildman–Crippen MR) is 87.6 cm³/mol. The molecule has 22 heavy (non-hydrogen) atoms. The number of aromatic nitrogens is 3. The number of aryl methyl sites for hydroxylation is 2. The Kier molecular flexibility index (Phi) is 6.10. The van der Waals surface area contributed by atoms with Crippen LogP contribution in [0.15, 0.2) is 24.5 Å². The Bertz CT molecular complexity index is 580. The lowest BCUT2D eigenvalue weighted by Gasteiger charge is -2.22. The molecule has 5 heteroatoms. The third kappa shape index (κ3) is 4.15. The number of hydrogen-bond donors (Lipinski definition) is 0. The number of pyridine rings is 1. The highest BCUT2D eigenvalue weighted by atomic mass is 16.5. The van der Waals surface area contributed by atoms with E-state index in [1.54, 1.807) is 7.11 Å². The Morgan fingerprint density at radius 3 is 2.68 bits per heavy atom. The lowest BCUT2D eigenvalue weighted by molar-refractivity contribution is 0.139. The summed E-state index contributed by atoms with van der Waals surface area (Å²) in [5, 5.41) is 4.62. The first kappa shape index (κ1) is 16.6. The molecule has 0 amide bonds. The van der Waals surface area contributed by atoms with E-state index < -0.39 is 0 Å². The second-order valence-corrected chi connectivity index (χ2v) is 5.53. The second-order valence-electron chi connectivity index (χ2n) is 5.53. The summed E-state index contributed by atoms with van der Waals surface area (Å²) in [5.74, 6) is 0. The highest BCUT2D eigenvalue weighted by Gasteiger charge is 2.15. The lowest BCUT2D eigenvalue weighted by Crippen LogP contribution is -2.27. The first-order valence-corrected chi connectivity index (χ1v) is 7.78. The maximum Gasteiger partial charge on any atom is 0.0641 e. The molecule has 5 nitrogen and oxygen atoms in total. The Balaban J connectivity index is 2.14. The third-order valence-corrected chi connectivity index (χ3v) is 3.95. The number of nitrogens with zero attached hydrogens (tertiary/aromatic N) is 4. The standard InChI is InChI=1S/C17H26N4O/c1-5-21-15(3)17(14(2)19-21)13-20(9-10-22-4)12-16-7-6-8-18-11-16/h6-8,11H,5,9-10,12-13H2,1-4H3. The van der Waals surface area contributed by atoms with Gasteiger partial charge in [-0.25, -0.2) is 0 Å². The molecule has 0 unspecified atom stereocenters. The molecule has 0 saturated carbocycles. The first-order chi connectivity index (χ1) is 10.7. The van der Waals surface area contributed by atoms with Gasteiger partial charge in [0.05, 0.1) is 12.3 Å². The van der Waals surface area contributed by atoms with Crippen molar-refractivity contribution >= 4 is 0 Å². The van der Waals surface area contributed by atoms with Gasteiger partial charge < -0.3 is 4.74 Å². The summed E-state index contributed by atoms with van der Waals surface area (Å²) in [5.41, 5.74) is 4.92. The van der Waals surface area contributed by atoms with E-state index in [4.69, 9.17) is 4.74 Å². The predicted octanol–water partition coefficient (Wildman–Crippen LogP) is 2.56. The SMILES string of the molecule is CCn1nc(C)c(CN(CCOC)Cc2cccnc2)c1C. The van der Waals surface area contributed by atoms with Crippen LogP contribution in [-0.4, -0.2) is 39.9 Å². The molecule has 2 aromatic heterocycles. The van der Waals surface area contributed by atoms with Gasteiger partial charge in [0, 0.05) is 56.9 Å². The van der Waals surface area contributed by atoms with E-state index in [1.807, 2.05) is 18.5 Å². The van der Waals surface area contributed by atoms with Crippen LogP contribution in [0.5, 0.6) is 0 Å². The molecule has 0 saturated heterocycles. The summed E-state index contributed by atoms with van der Waals surface area (Å²) in [7, 11) is 1.74. The monoisotopic (exact) mass is 302 g/mol. The van der Waals surface area contributed by atoms with Gasteiger partial charge in [-0.05, 0) is 32.4 Å². The zero-order valence-electron chi connectivity index (χ0n) is 14.0. The van der Waals surface area contributed by atoms with Gasteiger partial charge in [-0.1, -0.05) is 6.07 Å². The van der Waals surface area contributed by atoms with Crippen LogP contribution >= 0.6 is 0 Å². The minimum absolute atomic E-state index is 0.722. The van der Waals surface area contributed by atoms with Crippen LogP contribution < -0.4 is 0 Å². The summed E-state index contributed by atoms with van der Waals surface area (Å²) >= 11 is 0. The summed E-state index contributed by atoms with van der Waals surface area (Å²) < 4.78 is 7.33. The average Bonchev–Trinajstić information content (AvgIpc) is 2.81. The number of hydrogen-bond acceptors (Lipinski definition) is 4. The van der Waals surface area contributed by atoms with Crippen molar-refractivity contribution in [2.24, 2.45) is 0 Å². The van der Waals surface area contributed by atoms with Gasteiger partial charge in [-0.15, -0.1) is 0 Å². The van der Waals surface area contributed by atoms with Crippen LogP contribution in [0.4, 0.5) is 0 Å². The fourth-order valence-corrected chi connectivity index (χ4v) is 2.68. The summed E-state index contributed by atoms with van der Waals surface area (Å²) in [4.78, 5) is 6.59. The molecule has 0 atom stereocenters. The highest BCUT2D eigenvalue weighted by Crippen LogP contribution is 2.17. The molecule has 0 spiro atoms. The van der Waals surface area contributed by atoms with Crippen LogP contribution in [0.3, 0.4) is 0 Å². The minimum Gasteiger partial charge on any atom is -0.383 e. The van der Waals surface area contributed by atoms with Crippen molar-refractivity contribution in [3.63, 3.8) is 0 Å². The summed E-state index contributed by atoms with van der Waals surface area (Å²) in [6.07, 6.45) is 3.73. The zero-order chi connectivity index (χ0) is 15.9. The first-order valence-electron chi connectivity index (χ1n) is 7.78. The molecular formula is C17H26N4O. The molecular weight excluding hydrogens is 276 g/mol. The van der Waals surface area contributed by atoms with Crippen LogP contribution in [0, 0.1) is 13.8 Å². The molecule has 0 aliphatic rings. The van der Waals surface area contributed by atoms with E-state index in [-0.39, 0.29) is 0 Å². The molecule has 120 valence electrons. The van der Waals surface area contributed by atoms with E-state index in [0.29, 0.717) is 0 Å². The maximum atomic E-state index is 5.26. The van der Waals surface area contributed by atoms with Gasteiger partial charge in [0.15, 0.2) is 0 Å². The van der Waals surface area contributed by atoms with Crippen molar-refractivity contribution in [3.8, 4) is 0 Å². The lowest BCUT2D eigenvalue weighted by atomic mass is 10.1. The van der Waals surface area contributed by atoms with Gasteiger partial charge in [-0.3, -0.25) is 14.6 Å². The third-order valence-electron chi connectivity index (χ3n) is 3.95. The van der Waals surface area contributed by atoms with Crippen molar-refractivity contribution in [2.45, 2.75) is 40.4 Å². The summed E-state index contributed by atoms with van der Waals surface area (Å²) in [6, 6.07) is 4.09. The van der Waals surface area contributed by atoms with E-state index in [2.05, 4.69) is 46.5 Å². The minimum atomic E-state index is 0.722. The molecule has 0 aliphatic heterocycles. The quantitative estimate of drug-likeness (QED) is 0.751. The Labute approximate surface area is 132 Å². The van der Waals surface area contributed by atoms with Gasteiger partial charge in [0.1, 0.15) is 0 Å². The normalized spacial score (nSPS) is 11.3. The zero-order valence-corrected chi connectivity index (χ0v) is 14.0. The number of rotatable bonds is 8. The molecule has 0 bridgehead atoms. The van der Waals surface area contributed by atoms with Crippen molar-refractivity contribution in [3.05, 3.63) is 47.0 Å². The maximum absolute atomic E-state index is 5.26. The van der Waals surface area contributed by atoms with Gasteiger partial charge >= 0.3 is 0 Å². The topological polar surface area (TPSA) is 43.2 Å². The molecule has 2 aromatic rings.